The van der Waals surface area contributed by atoms with Gasteiger partial charge in [0, 0.05) is 18.1 Å². The van der Waals surface area contributed by atoms with Gasteiger partial charge in [0.25, 0.3) is 0 Å². The quantitative estimate of drug-likeness (QED) is 0.700. The highest BCUT2D eigenvalue weighted by atomic mass is 15.0. The highest BCUT2D eigenvalue weighted by molar-refractivity contribution is 5.52. The van der Waals surface area contributed by atoms with Gasteiger partial charge in [0.15, 0.2) is 0 Å². The Kier molecular flexibility index (Phi) is 2.45. The topological polar surface area (TPSA) is 17.8 Å². The average Bonchev–Trinajstić information content (AvgIpc) is 2.72. The minimum atomic E-state index is 1.11. The van der Waals surface area contributed by atoms with Crippen molar-refractivity contribution in [3.63, 3.8) is 0 Å². The first-order valence-corrected chi connectivity index (χ1v) is 4.44. The van der Waals surface area contributed by atoms with Crippen molar-refractivity contribution in [1.82, 2.24) is 9.55 Å². The van der Waals surface area contributed by atoms with Crippen LogP contribution in [-0.4, -0.2) is 9.55 Å². The number of rotatable bonds is 2. The molecule has 0 saturated carbocycles. The summed E-state index contributed by atoms with van der Waals surface area (Å²) in [5, 5.41) is 0. The molecule has 0 N–H and O–H groups in total. The molecule has 2 nitrogen and oxygen atoms in total. The molecule has 69 valence electrons. The van der Waals surface area contributed by atoms with E-state index in [0.717, 1.165) is 11.3 Å². The lowest BCUT2D eigenvalue weighted by Crippen LogP contribution is -1.88. The molecule has 0 aliphatic carbocycles. The fourth-order valence-electron chi connectivity index (χ4n) is 1.31. The van der Waals surface area contributed by atoms with Crippen LogP contribution in [0, 0.1) is 6.92 Å². The van der Waals surface area contributed by atoms with E-state index in [2.05, 4.69) is 36.2 Å². The second kappa shape index (κ2) is 3.92. The molecule has 0 saturated heterocycles. The molecule has 1 aromatic carbocycles. The van der Waals surface area contributed by atoms with Crippen molar-refractivity contribution in [1.29, 1.82) is 0 Å². The van der Waals surface area contributed by atoms with Crippen LogP contribution in [-0.2, 0) is 0 Å². The Morgan fingerprint density at radius 2 is 2.00 bits per heavy atom. The Morgan fingerprint density at radius 3 is 2.57 bits per heavy atom. The summed E-state index contributed by atoms with van der Waals surface area (Å²) in [6.45, 7) is 3.66. The zero-order chi connectivity index (χ0) is 9.80. The van der Waals surface area contributed by atoms with Crippen LogP contribution < -0.4 is 0 Å². The molecule has 2 rings (SSSR count). The summed E-state index contributed by atoms with van der Waals surface area (Å²) in [5.41, 5.74) is 2.27. The van der Waals surface area contributed by atoms with E-state index in [1.807, 2.05) is 16.8 Å². The van der Waals surface area contributed by atoms with E-state index in [1.54, 1.807) is 18.6 Å². The first-order valence-electron chi connectivity index (χ1n) is 4.44. The van der Waals surface area contributed by atoms with Crippen molar-refractivity contribution in [2.45, 2.75) is 0 Å². The van der Waals surface area contributed by atoms with E-state index in [-0.39, 0.29) is 0 Å². The molecule has 0 bridgehead atoms. The Balaban J connectivity index is 2.31. The lowest BCUT2D eigenvalue weighted by atomic mass is 10.2. The van der Waals surface area contributed by atoms with Gasteiger partial charge in [0.1, 0.15) is 0 Å². The van der Waals surface area contributed by atoms with Crippen LogP contribution in [0.5, 0.6) is 0 Å². The van der Waals surface area contributed by atoms with Gasteiger partial charge in [-0.15, -0.1) is 0 Å². The molecule has 0 aliphatic rings. The Morgan fingerprint density at radius 1 is 1.21 bits per heavy atom. The van der Waals surface area contributed by atoms with Crippen LogP contribution in [0.4, 0.5) is 0 Å². The third-order valence-electron chi connectivity index (χ3n) is 2.01. The van der Waals surface area contributed by atoms with Crippen LogP contribution in [0.2, 0.25) is 0 Å². The Hall–Kier alpha value is -1.83. The molecule has 0 unspecified atom stereocenters. The molecular formula is C12H11N2. The average molecular weight is 183 g/mol. The number of hydrogen-bond donors (Lipinski definition) is 0. The predicted molar refractivity (Wildman–Crippen MR) is 58.0 cm³/mol. The van der Waals surface area contributed by atoms with Crippen molar-refractivity contribution < 1.29 is 0 Å². The Labute approximate surface area is 83.5 Å². The van der Waals surface area contributed by atoms with Gasteiger partial charge in [0.2, 0.25) is 0 Å². The normalized spacial score (nSPS) is 10.9. The number of allylic oxidation sites excluding steroid dienone is 1. The van der Waals surface area contributed by atoms with Crippen molar-refractivity contribution in [2.75, 3.05) is 0 Å². The van der Waals surface area contributed by atoms with Gasteiger partial charge >= 0.3 is 0 Å². The number of benzene rings is 1. The number of imidazole rings is 1. The van der Waals surface area contributed by atoms with Crippen LogP contribution >= 0.6 is 0 Å². The molecule has 0 atom stereocenters. The summed E-state index contributed by atoms with van der Waals surface area (Å²) in [6, 6.07) is 8.21. The summed E-state index contributed by atoms with van der Waals surface area (Å²) in [6.07, 6.45) is 9.23. The van der Waals surface area contributed by atoms with Crippen LogP contribution in [0.25, 0.3) is 11.8 Å². The summed E-state index contributed by atoms with van der Waals surface area (Å²) < 4.78 is 1.97. The monoisotopic (exact) mass is 183 g/mol. The highest BCUT2D eigenvalue weighted by Gasteiger charge is 1.93. The fourth-order valence-corrected chi connectivity index (χ4v) is 1.31. The minimum absolute atomic E-state index is 1.11. The third kappa shape index (κ3) is 1.74. The first kappa shape index (κ1) is 8.75. The maximum atomic E-state index is 4.00. The minimum Gasteiger partial charge on any atom is -0.306 e. The molecule has 1 heterocycles. The van der Waals surface area contributed by atoms with E-state index >= 15 is 0 Å². The van der Waals surface area contributed by atoms with Crippen molar-refractivity contribution >= 4 is 6.08 Å². The lowest BCUT2D eigenvalue weighted by Gasteiger charge is -2.01. The van der Waals surface area contributed by atoms with Gasteiger partial charge in [-0.25, -0.2) is 4.98 Å². The molecule has 0 spiro atoms. The first-order chi connectivity index (χ1) is 6.90. The third-order valence-corrected chi connectivity index (χ3v) is 2.01. The fraction of sp³-hybridized carbons (Fsp3) is 0. The summed E-state index contributed by atoms with van der Waals surface area (Å²) in [5.74, 6) is 0. The maximum absolute atomic E-state index is 4.00. The smallest absolute Gasteiger partial charge is 0.0991 e. The van der Waals surface area contributed by atoms with Crippen LogP contribution in [0.15, 0.2) is 49.1 Å². The molecule has 0 amide bonds. The standard InChI is InChI=1S/C12H11N2/c1-2-3-11-4-6-12(7-5-11)14-9-8-13-10-14/h2-10H,1H2. The van der Waals surface area contributed by atoms with Crippen LogP contribution in [0.1, 0.15) is 5.56 Å². The van der Waals surface area contributed by atoms with E-state index in [1.165, 1.54) is 0 Å². The summed E-state index contributed by atoms with van der Waals surface area (Å²) in [4.78, 5) is 4.00. The van der Waals surface area contributed by atoms with Crippen molar-refractivity contribution in [3.8, 4) is 5.69 Å². The molecular weight excluding hydrogens is 172 g/mol. The van der Waals surface area contributed by atoms with Gasteiger partial charge in [-0.3, -0.25) is 0 Å². The molecule has 2 heteroatoms. The zero-order valence-corrected chi connectivity index (χ0v) is 7.80. The van der Waals surface area contributed by atoms with E-state index in [9.17, 15) is 0 Å². The summed E-state index contributed by atoms with van der Waals surface area (Å²) in [7, 11) is 0. The lowest BCUT2D eigenvalue weighted by molar-refractivity contribution is 1.06. The van der Waals surface area contributed by atoms with Gasteiger partial charge < -0.3 is 4.57 Å². The Bertz CT molecular complexity index is 410. The van der Waals surface area contributed by atoms with Crippen molar-refractivity contribution in [2.24, 2.45) is 0 Å². The maximum Gasteiger partial charge on any atom is 0.0991 e. The largest absolute Gasteiger partial charge is 0.306 e. The van der Waals surface area contributed by atoms with E-state index < -0.39 is 0 Å². The molecule has 1 radical (unpaired) electrons. The number of aromatic nitrogens is 2. The predicted octanol–water partition coefficient (Wildman–Crippen LogP) is 2.72. The van der Waals surface area contributed by atoms with Crippen molar-refractivity contribution in [3.05, 3.63) is 61.5 Å². The molecule has 2 aromatic rings. The summed E-state index contributed by atoms with van der Waals surface area (Å²) >= 11 is 0. The van der Waals surface area contributed by atoms with Gasteiger partial charge in [0.05, 0.1) is 6.33 Å². The second-order valence-electron chi connectivity index (χ2n) is 2.96. The number of hydrogen-bond acceptors (Lipinski definition) is 1. The SMILES string of the molecule is [CH2]C=Cc1ccc(-n2ccnc2)cc1. The molecule has 0 fully saturated rings. The van der Waals surface area contributed by atoms with Crippen LogP contribution in [0.3, 0.4) is 0 Å². The second-order valence-corrected chi connectivity index (χ2v) is 2.96. The highest BCUT2D eigenvalue weighted by Crippen LogP contribution is 2.09. The van der Waals surface area contributed by atoms with E-state index in [0.29, 0.717) is 0 Å². The van der Waals surface area contributed by atoms with Gasteiger partial charge in [-0.05, 0) is 24.6 Å². The molecule has 0 aliphatic heterocycles. The van der Waals surface area contributed by atoms with Gasteiger partial charge in [-0.2, -0.15) is 0 Å². The zero-order valence-electron chi connectivity index (χ0n) is 7.80. The van der Waals surface area contributed by atoms with E-state index in [4.69, 9.17) is 0 Å². The number of nitrogens with zero attached hydrogens (tertiary/aromatic N) is 2. The molecule has 14 heavy (non-hydrogen) atoms. The molecule has 1 aromatic heterocycles. The van der Waals surface area contributed by atoms with Gasteiger partial charge in [-0.1, -0.05) is 24.3 Å².